The van der Waals surface area contributed by atoms with Crippen LogP contribution in [0.15, 0.2) is 23.8 Å². The molecule has 0 amide bonds. The molecule has 1 fully saturated rings. The number of nitrogens with zero attached hydrogens (tertiary/aromatic N) is 1. The Hall–Kier alpha value is -2.34. The summed E-state index contributed by atoms with van der Waals surface area (Å²) in [6, 6.07) is 4.12. The summed E-state index contributed by atoms with van der Waals surface area (Å²) in [5.41, 5.74) is 3.66. The molecule has 6 nitrogen and oxygen atoms in total. The van der Waals surface area contributed by atoms with E-state index >= 15 is 0 Å². The highest BCUT2D eigenvalue weighted by molar-refractivity contribution is 5.71. The zero-order valence-corrected chi connectivity index (χ0v) is 15.3. The Morgan fingerprint density at radius 3 is 2.65 bits per heavy atom. The third-order valence-electron chi connectivity index (χ3n) is 5.54. The molecule has 3 unspecified atom stereocenters. The number of fused-ring (bicyclic) bond motifs is 2. The fourth-order valence-corrected chi connectivity index (χ4v) is 4.65. The van der Waals surface area contributed by atoms with Gasteiger partial charge in [-0.15, -0.1) is 0 Å². The van der Waals surface area contributed by atoms with Crippen LogP contribution in [0.5, 0.6) is 11.5 Å². The summed E-state index contributed by atoms with van der Waals surface area (Å²) in [6.07, 6.45) is 3.84. The number of carbonyl (C=O) groups is 2. The minimum absolute atomic E-state index is 0.0745. The predicted molar refractivity (Wildman–Crippen MR) is 94.1 cm³/mol. The number of hydrogen-bond donors (Lipinski definition) is 0. The van der Waals surface area contributed by atoms with Crippen LogP contribution in [0.3, 0.4) is 0 Å². The maximum atomic E-state index is 11.6. The molecular weight excluding hydrogens is 334 g/mol. The topological polar surface area (TPSA) is 65.1 Å². The first-order valence-electron chi connectivity index (χ1n) is 8.97. The highest BCUT2D eigenvalue weighted by Gasteiger charge is 2.47. The van der Waals surface area contributed by atoms with E-state index < -0.39 is 0 Å². The van der Waals surface area contributed by atoms with Gasteiger partial charge in [0.25, 0.3) is 0 Å². The van der Waals surface area contributed by atoms with Crippen LogP contribution in [-0.2, 0) is 20.9 Å². The van der Waals surface area contributed by atoms with E-state index in [4.69, 9.17) is 14.2 Å². The molecule has 2 heterocycles. The van der Waals surface area contributed by atoms with Crippen LogP contribution in [0, 0.1) is 0 Å². The molecular formula is C20H23NO5. The molecule has 2 aliphatic heterocycles. The minimum atomic E-state index is -0.376. The van der Waals surface area contributed by atoms with Gasteiger partial charge in [-0.05, 0) is 29.7 Å². The molecule has 0 spiro atoms. The summed E-state index contributed by atoms with van der Waals surface area (Å²) >= 11 is 0. The smallest absolute Gasteiger partial charge is 0.308 e. The van der Waals surface area contributed by atoms with Crippen molar-refractivity contribution in [3.8, 4) is 11.5 Å². The molecule has 0 aromatic heterocycles. The molecule has 0 N–H and O–H groups in total. The molecule has 1 aromatic carbocycles. The van der Waals surface area contributed by atoms with Crippen molar-refractivity contribution in [3.05, 3.63) is 34.9 Å². The molecule has 0 saturated carbocycles. The molecule has 3 atom stereocenters. The van der Waals surface area contributed by atoms with Crippen molar-refractivity contribution in [3.63, 3.8) is 0 Å². The van der Waals surface area contributed by atoms with Crippen LogP contribution in [0.25, 0.3) is 0 Å². The van der Waals surface area contributed by atoms with E-state index in [-0.39, 0.29) is 30.0 Å². The van der Waals surface area contributed by atoms with Crippen molar-refractivity contribution in [2.45, 2.75) is 51.3 Å². The molecule has 4 rings (SSSR count). The normalized spacial score (nSPS) is 26.4. The fourth-order valence-electron chi connectivity index (χ4n) is 4.65. The van der Waals surface area contributed by atoms with Crippen LogP contribution in [0.4, 0.5) is 0 Å². The second kappa shape index (κ2) is 6.43. The third-order valence-corrected chi connectivity index (χ3v) is 5.54. The summed E-state index contributed by atoms with van der Waals surface area (Å²) in [7, 11) is 1.56. The van der Waals surface area contributed by atoms with Crippen LogP contribution >= 0.6 is 0 Å². The zero-order chi connectivity index (χ0) is 18.4. The number of esters is 2. The molecule has 1 aliphatic carbocycles. The van der Waals surface area contributed by atoms with Gasteiger partial charge in [-0.25, -0.2) is 0 Å². The summed E-state index contributed by atoms with van der Waals surface area (Å²) in [5.74, 6) is 0.409. The monoisotopic (exact) mass is 357 g/mol. The van der Waals surface area contributed by atoms with Gasteiger partial charge in [-0.3, -0.25) is 14.5 Å². The van der Waals surface area contributed by atoms with E-state index in [1.807, 2.05) is 12.1 Å². The second-order valence-corrected chi connectivity index (χ2v) is 7.15. The molecule has 6 heteroatoms. The quantitative estimate of drug-likeness (QED) is 0.471. The third kappa shape index (κ3) is 2.78. The summed E-state index contributed by atoms with van der Waals surface area (Å²) in [5, 5.41) is 0. The molecule has 3 aliphatic rings. The molecule has 0 radical (unpaired) electrons. The zero-order valence-electron chi connectivity index (χ0n) is 15.3. The van der Waals surface area contributed by atoms with Gasteiger partial charge in [-0.1, -0.05) is 11.6 Å². The number of benzene rings is 1. The maximum absolute atomic E-state index is 11.6. The Morgan fingerprint density at radius 2 is 1.96 bits per heavy atom. The summed E-state index contributed by atoms with van der Waals surface area (Å²) in [4.78, 5) is 25.5. The van der Waals surface area contributed by atoms with Gasteiger partial charge in [0.05, 0.1) is 7.11 Å². The second-order valence-electron chi connectivity index (χ2n) is 7.15. The lowest BCUT2D eigenvalue weighted by Crippen LogP contribution is -2.46. The minimum Gasteiger partial charge on any atom is -0.493 e. The molecule has 26 heavy (non-hydrogen) atoms. The highest BCUT2D eigenvalue weighted by Crippen LogP contribution is 2.49. The van der Waals surface area contributed by atoms with Gasteiger partial charge in [0.1, 0.15) is 6.10 Å². The first-order valence-corrected chi connectivity index (χ1v) is 8.97. The summed E-state index contributed by atoms with van der Waals surface area (Å²) < 4.78 is 16.5. The Bertz CT molecular complexity index is 800. The van der Waals surface area contributed by atoms with Crippen molar-refractivity contribution in [2.24, 2.45) is 0 Å². The van der Waals surface area contributed by atoms with Gasteiger partial charge in [-0.2, -0.15) is 0 Å². The Kier molecular flexibility index (Phi) is 4.23. The lowest BCUT2D eigenvalue weighted by Gasteiger charge is -2.44. The van der Waals surface area contributed by atoms with Gasteiger partial charge in [0, 0.05) is 45.3 Å². The van der Waals surface area contributed by atoms with Crippen molar-refractivity contribution in [2.75, 3.05) is 13.7 Å². The fraction of sp³-hybridized carbons (Fsp3) is 0.500. The van der Waals surface area contributed by atoms with E-state index in [2.05, 4.69) is 11.0 Å². The molecule has 1 aromatic rings. The van der Waals surface area contributed by atoms with E-state index in [1.54, 1.807) is 7.11 Å². The van der Waals surface area contributed by atoms with E-state index in [0.29, 0.717) is 11.5 Å². The van der Waals surface area contributed by atoms with Gasteiger partial charge in [0.2, 0.25) is 0 Å². The number of rotatable bonds is 3. The average Bonchev–Trinajstić information content (AvgIpc) is 2.99. The first kappa shape index (κ1) is 17.1. The van der Waals surface area contributed by atoms with Gasteiger partial charge >= 0.3 is 11.9 Å². The van der Waals surface area contributed by atoms with Gasteiger partial charge in [0.15, 0.2) is 11.5 Å². The highest BCUT2D eigenvalue weighted by atomic mass is 16.6. The van der Waals surface area contributed by atoms with Crippen molar-refractivity contribution in [1.82, 2.24) is 4.90 Å². The number of hydrogen-bond acceptors (Lipinski definition) is 6. The molecule has 1 saturated heterocycles. The van der Waals surface area contributed by atoms with Crippen LogP contribution in [0.1, 0.15) is 43.7 Å². The number of methoxy groups -OCH3 is 1. The Labute approximate surface area is 152 Å². The van der Waals surface area contributed by atoms with Crippen molar-refractivity contribution < 1.29 is 23.8 Å². The van der Waals surface area contributed by atoms with E-state index in [1.165, 1.54) is 19.4 Å². The SMILES string of the molecule is COc1cc2c(cc1OC(C)=O)CN1CCC3=CCC(OC(C)=O)C2C31. The Balaban J connectivity index is 1.81. The van der Waals surface area contributed by atoms with Crippen LogP contribution < -0.4 is 9.47 Å². The van der Waals surface area contributed by atoms with Gasteiger partial charge < -0.3 is 14.2 Å². The molecule has 0 bridgehead atoms. The predicted octanol–water partition coefficient (Wildman–Crippen LogP) is 2.55. The van der Waals surface area contributed by atoms with E-state index in [9.17, 15) is 9.59 Å². The summed E-state index contributed by atoms with van der Waals surface area (Å²) in [6.45, 7) is 4.62. The van der Waals surface area contributed by atoms with Crippen molar-refractivity contribution in [1.29, 1.82) is 0 Å². The standard InChI is InChI=1S/C20H23NO5/c1-11(22)25-16-5-4-13-6-7-21-10-14-8-18(26-12(2)23)17(24-3)9-15(14)19(16)20(13)21/h4,8-9,16,19-20H,5-7,10H2,1-3H3. The average molecular weight is 357 g/mol. The first-order chi connectivity index (χ1) is 12.5. The Morgan fingerprint density at radius 1 is 1.15 bits per heavy atom. The van der Waals surface area contributed by atoms with Crippen LogP contribution in [-0.4, -0.2) is 42.6 Å². The maximum Gasteiger partial charge on any atom is 0.308 e. The number of carbonyl (C=O) groups excluding carboxylic acids is 2. The lowest BCUT2D eigenvalue weighted by molar-refractivity contribution is -0.148. The largest absolute Gasteiger partial charge is 0.493 e. The van der Waals surface area contributed by atoms with E-state index in [0.717, 1.165) is 37.1 Å². The van der Waals surface area contributed by atoms with Crippen LogP contribution in [0.2, 0.25) is 0 Å². The number of ether oxygens (including phenoxy) is 3. The lowest BCUT2D eigenvalue weighted by atomic mass is 9.74. The van der Waals surface area contributed by atoms with Crippen molar-refractivity contribution >= 4 is 11.9 Å². The molecule has 138 valence electrons.